The average molecular weight is 138 g/mol. The monoisotopic (exact) mass is 138 g/mol. The smallest absolute Gasteiger partial charge is 0.0311 e. The molecular weight excluding hydrogens is 120 g/mol. The van der Waals surface area contributed by atoms with E-state index in [-0.39, 0.29) is 0 Å². The summed E-state index contributed by atoms with van der Waals surface area (Å²) < 4.78 is 0. The van der Waals surface area contributed by atoms with E-state index < -0.39 is 0 Å². The van der Waals surface area contributed by atoms with E-state index in [1.54, 1.807) is 0 Å². The second-order valence-corrected chi connectivity index (χ2v) is 2.41. The molecule has 0 aromatic heterocycles. The van der Waals surface area contributed by atoms with E-state index in [0.29, 0.717) is 0 Å². The molecule has 0 bridgehead atoms. The van der Waals surface area contributed by atoms with Crippen LogP contribution in [0.3, 0.4) is 0 Å². The van der Waals surface area contributed by atoms with Gasteiger partial charge in [-0.1, -0.05) is 44.1 Å². The van der Waals surface area contributed by atoms with Crippen LogP contribution in [0.25, 0.3) is 0 Å². The molecule has 0 heterocycles. The molecule has 0 aliphatic rings. The fraction of sp³-hybridized carbons (Fsp3) is 0.600. The largest absolute Gasteiger partial charge is 0.0845 e. The van der Waals surface area contributed by atoms with Crippen molar-refractivity contribution in [2.75, 3.05) is 0 Å². The van der Waals surface area contributed by atoms with Gasteiger partial charge in [-0.15, -0.1) is 0 Å². The van der Waals surface area contributed by atoms with Crippen LogP contribution in [0, 0.1) is 0 Å². The summed E-state index contributed by atoms with van der Waals surface area (Å²) in [5, 5.41) is 0. The molecule has 0 N–H and O–H groups in total. The molecule has 0 atom stereocenters. The highest BCUT2D eigenvalue weighted by Gasteiger charge is 1.82. The van der Waals surface area contributed by atoms with Crippen molar-refractivity contribution >= 4 is 0 Å². The molecule has 0 fully saturated rings. The van der Waals surface area contributed by atoms with Crippen molar-refractivity contribution in [1.29, 1.82) is 0 Å². The summed E-state index contributed by atoms with van der Waals surface area (Å²) in [6.45, 7) is 6.48. The van der Waals surface area contributed by atoms with Gasteiger partial charge >= 0.3 is 0 Å². The highest BCUT2D eigenvalue weighted by molar-refractivity contribution is 5.16. The van der Waals surface area contributed by atoms with Crippen LogP contribution < -0.4 is 0 Å². The second kappa shape index (κ2) is 6.60. The van der Waals surface area contributed by atoms with Gasteiger partial charge in [0.25, 0.3) is 0 Å². The maximum atomic E-state index is 2.25. The molecule has 10 heavy (non-hydrogen) atoms. The minimum atomic E-state index is 1.15. The standard InChI is InChI=1S/C10H18/c1-4-7-8-9-10(5-2)6-3/h5,8-9H,4,6-7H2,1-3H3/b9-8-,10-5-. The van der Waals surface area contributed by atoms with Gasteiger partial charge in [-0.3, -0.25) is 0 Å². The Hall–Kier alpha value is -0.520. The molecule has 0 rings (SSSR count). The molecule has 0 spiro atoms. The number of hydrogen-bond donors (Lipinski definition) is 0. The van der Waals surface area contributed by atoms with Gasteiger partial charge < -0.3 is 0 Å². The summed E-state index contributed by atoms with van der Waals surface area (Å²) in [5.41, 5.74) is 1.44. The van der Waals surface area contributed by atoms with Crippen LogP contribution in [-0.4, -0.2) is 0 Å². The van der Waals surface area contributed by atoms with Crippen LogP contribution in [0.1, 0.15) is 40.0 Å². The first-order valence-electron chi connectivity index (χ1n) is 4.16. The fourth-order valence-electron chi connectivity index (χ4n) is 0.820. The molecule has 0 aliphatic carbocycles. The Labute approximate surface area is 64.6 Å². The Morgan fingerprint density at radius 2 is 2.00 bits per heavy atom. The third-order valence-corrected chi connectivity index (χ3v) is 1.57. The molecule has 0 unspecified atom stereocenters. The van der Waals surface area contributed by atoms with Gasteiger partial charge in [-0.25, -0.2) is 0 Å². The lowest BCUT2D eigenvalue weighted by Crippen LogP contribution is -1.71. The molecular formula is C10H18. The summed E-state index contributed by atoms with van der Waals surface area (Å²) in [6.07, 6.45) is 10.2. The van der Waals surface area contributed by atoms with Crippen LogP contribution >= 0.6 is 0 Å². The molecule has 0 aliphatic heterocycles. The highest BCUT2D eigenvalue weighted by atomic mass is 13.9. The van der Waals surface area contributed by atoms with Gasteiger partial charge in [0, 0.05) is 0 Å². The zero-order valence-electron chi connectivity index (χ0n) is 7.35. The van der Waals surface area contributed by atoms with Crippen LogP contribution in [0.4, 0.5) is 0 Å². The van der Waals surface area contributed by atoms with E-state index in [9.17, 15) is 0 Å². The SMILES string of the molecule is C/C=C(\C=C/CCC)CC. The van der Waals surface area contributed by atoms with Crippen molar-refractivity contribution in [3.05, 3.63) is 23.8 Å². The lowest BCUT2D eigenvalue weighted by molar-refractivity contribution is 0.955. The highest BCUT2D eigenvalue weighted by Crippen LogP contribution is 2.02. The second-order valence-electron chi connectivity index (χ2n) is 2.41. The Morgan fingerprint density at radius 3 is 2.40 bits per heavy atom. The van der Waals surface area contributed by atoms with E-state index in [1.807, 2.05) is 0 Å². The number of rotatable bonds is 4. The average Bonchev–Trinajstić information content (AvgIpc) is 1.99. The summed E-state index contributed by atoms with van der Waals surface area (Å²) in [4.78, 5) is 0. The van der Waals surface area contributed by atoms with Crippen molar-refractivity contribution in [3.8, 4) is 0 Å². The zero-order valence-corrected chi connectivity index (χ0v) is 7.35. The van der Waals surface area contributed by atoms with Crippen LogP contribution in [0.2, 0.25) is 0 Å². The predicted molar refractivity (Wildman–Crippen MR) is 48.1 cm³/mol. The summed E-state index contributed by atoms with van der Waals surface area (Å²) in [7, 11) is 0. The van der Waals surface area contributed by atoms with E-state index in [1.165, 1.54) is 18.4 Å². The van der Waals surface area contributed by atoms with Crippen LogP contribution in [0.5, 0.6) is 0 Å². The van der Waals surface area contributed by atoms with Crippen molar-refractivity contribution in [3.63, 3.8) is 0 Å². The quantitative estimate of drug-likeness (QED) is 0.520. The van der Waals surface area contributed by atoms with Gasteiger partial charge in [0.2, 0.25) is 0 Å². The molecule has 0 heteroatoms. The van der Waals surface area contributed by atoms with Gasteiger partial charge in [0.05, 0.1) is 0 Å². The number of unbranched alkanes of at least 4 members (excludes halogenated alkanes) is 1. The first-order valence-corrected chi connectivity index (χ1v) is 4.16. The Bertz CT molecular complexity index is 118. The van der Waals surface area contributed by atoms with Crippen molar-refractivity contribution < 1.29 is 0 Å². The molecule has 0 aromatic carbocycles. The lowest BCUT2D eigenvalue weighted by atomic mass is 10.1. The zero-order chi connectivity index (χ0) is 7.82. The fourth-order valence-corrected chi connectivity index (χ4v) is 0.820. The van der Waals surface area contributed by atoms with Crippen LogP contribution in [0.15, 0.2) is 23.8 Å². The summed E-state index contributed by atoms with van der Waals surface area (Å²) in [5.74, 6) is 0. The van der Waals surface area contributed by atoms with Crippen molar-refractivity contribution in [2.24, 2.45) is 0 Å². The third kappa shape index (κ3) is 4.37. The number of allylic oxidation sites excluding steroid dienone is 4. The first kappa shape index (κ1) is 9.48. The first-order chi connectivity index (χ1) is 4.85. The normalized spacial score (nSPS) is 12.9. The van der Waals surface area contributed by atoms with Crippen molar-refractivity contribution in [1.82, 2.24) is 0 Å². The molecule has 0 radical (unpaired) electrons. The molecule has 0 aromatic rings. The van der Waals surface area contributed by atoms with E-state index in [2.05, 4.69) is 39.0 Å². The van der Waals surface area contributed by atoms with E-state index >= 15 is 0 Å². The molecule has 58 valence electrons. The lowest BCUT2D eigenvalue weighted by Gasteiger charge is -1.92. The third-order valence-electron chi connectivity index (χ3n) is 1.57. The van der Waals surface area contributed by atoms with Gasteiger partial charge in [0.1, 0.15) is 0 Å². The molecule has 0 amide bonds. The van der Waals surface area contributed by atoms with Gasteiger partial charge in [-0.05, 0) is 19.8 Å². The number of hydrogen-bond acceptors (Lipinski definition) is 0. The molecule has 0 saturated heterocycles. The van der Waals surface area contributed by atoms with Crippen molar-refractivity contribution in [2.45, 2.75) is 40.0 Å². The van der Waals surface area contributed by atoms with E-state index in [4.69, 9.17) is 0 Å². The van der Waals surface area contributed by atoms with Crippen LogP contribution in [-0.2, 0) is 0 Å². The van der Waals surface area contributed by atoms with Gasteiger partial charge in [0.15, 0.2) is 0 Å². The molecule has 0 saturated carbocycles. The Kier molecular flexibility index (Phi) is 6.25. The maximum absolute atomic E-state index is 2.25. The van der Waals surface area contributed by atoms with Gasteiger partial charge in [-0.2, -0.15) is 0 Å². The Morgan fingerprint density at radius 1 is 1.30 bits per heavy atom. The Balaban J connectivity index is 3.63. The summed E-state index contributed by atoms with van der Waals surface area (Å²) >= 11 is 0. The molecule has 0 nitrogen and oxygen atoms in total. The summed E-state index contributed by atoms with van der Waals surface area (Å²) in [6, 6.07) is 0. The maximum Gasteiger partial charge on any atom is -0.0311 e. The van der Waals surface area contributed by atoms with E-state index in [0.717, 1.165) is 6.42 Å². The topological polar surface area (TPSA) is 0 Å². The minimum Gasteiger partial charge on any atom is -0.0845 e. The predicted octanol–water partition coefficient (Wildman–Crippen LogP) is 3.70. The minimum absolute atomic E-state index is 1.15.